The highest BCUT2D eigenvalue weighted by Gasteiger charge is 2.16. The molecule has 0 aliphatic rings. The maximum Gasteiger partial charge on any atom is 0.134 e. The number of benzene rings is 2. The van der Waals surface area contributed by atoms with Crippen LogP contribution in [0.2, 0.25) is 0 Å². The lowest BCUT2D eigenvalue weighted by Crippen LogP contribution is -1.85. The molecule has 5 heteroatoms. The van der Waals surface area contributed by atoms with Gasteiger partial charge in [0, 0.05) is 4.47 Å². The van der Waals surface area contributed by atoms with Crippen molar-refractivity contribution in [3.63, 3.8) is 0 Å². The molecular weight excluding hydrogens is 356 g/mol. The largest absolute Gasteiger partial charge is 0.241 e. The molecule has 1 aromatic heterocycles. The monoisotopic (exact) mass is 365 g/mol. The Bertz CT molecular complexity index is 776. The Morgan fingerprint density at radius 1 is 1.05 bits per heavy atom. The summed E-state index contributed by atoms with van der Waals surface area (Å²) in [6.07, 6.45) is 0. The highest BCUT2D eigenvalue weighted by molar-refractivity contribution is 9.10. The zero-order chi connectivity index (χ0) is 15.0. The molecule has 0 saturated heterocycles. The average molecular weight is 366 g/mol. The van der Waals surface area contributed by atoms with Gasteiger partial charge in [-0.15, -0.1) is 11.3 Å². The fourth-order valence-electron chi connectivity index (χ4n) is 2.07. The lowest BCUT2D eigenvalue weighted by Gasteiger charge is -2.01. The van der Waals surface area contributed by atoms with Gasteiger partial charge in [-0.2, -0.15) is 0 Å². The molecule has 0 saturated carbocycles. The van der Waals surface area contributed by atoms with Crippen molar-refractivity contribution in [1.82, 2.24) is 4.98 Å². The van der Waals surface area contributed by atoms with Crippen LogP contribution >= 0.6 is 27.3 Å². The van der Waals surface area contributed by atoms with Crippen LogP contribution < -0.4 is 0 Å². The van der Waals surface area contributed by atoms with Crippen LogP contribution in [0.15, 0.2) is 46.9 Å². The molecule has 0 N–H and O–H groups in total. The number of thiazole rings is 1. The summed E-state index contributed by atoms with van der Waals surface area (Å²) in [5.74, 6) is -0.596. The van der Waals surface area contributed by atoms with E-state index in [0.717, 1.165) is 16.1 Å². The molecule has 0 fully saturated rings. The van der Waals surface area contributed by atoms with Gasteiger partial charge >= 0.3 is 0 Å². The van der Waals surface area contributed by atoms with E-state index in [1.165, 1.54) is 29.5 Å². The summed E-state index contributed by atoms with van der Waals surface area (Å²) in [4.78, 5) is 5.37. The van der Waals surface area contributed by atoms with Gasteiger partial charge < -0.3 is 0 Å². The highest BCUT2D eigenvalue weighted by Crippen LogP contribution is 2.39. The number of aryl methyl sites for hydroxylation is 1. The van der Waals surface area contributed by atoms with Crippen molar-refractivity contribution in [1.29, 1.82) is 0 Å². The smallest absolute Gasteiger partial charge is 0.134 e. The third-order valence-electron chi connectivity index (χ3n) is 3.08. The summed E-state index contributed by atoms with van der Waals surface area (Å²) in [7, 11) is 0. The van der Waals surface area contributed by atoms with Gasteiger partial charge in [0.25, 0.3) is 0 Å². The van der Waals surface area contributed by atoms with E-state index in [0.29, 0.717) is 15.0 Å². The molecule has 0 radical (unpaired) electrons. The number of hydrogen-bond acceptors (Lipinski definition) is 2. The van der Waals surface area contributed by atoms with Crippen molar-refractivity contribution in [2.24, 2.45) is 0 Å². The number of aromatic nitrogens is 1. The number of halogens is 3. The quantitative estimate of drug-likeness (QED) is 0.556. The zero-order valence-electron chi connectivity index (χ0n) is 11.0. The predicted octanol–water partition coefficient (Wildman–Crippen LogP) is 5.83. The second kappa shape index (κ2) is 5.66. The summed E-state index contributed by atoms with van der Waals surface area (Å²) in [6.45, 7) is 1.87. The molecule has 3 rings (SSSR count). The van der Waals surface area contributed by atoms with Gasteiger partial charge in [0.15, 0.2) is 0 Å². The average Bonchev–Trinajstić information content (AvgIpc) is 2.81. The fraction of sp³-hybridized carbons (Fsp3) is 0.0625. The first-order chi connectivity index (χ1) is 10.1. The van der Waals surface area contributed by atoms with Crippen LogP contribution in [0.3, 0.4) is 0 Å². The van der Waals surface area contributed by atoms with Crippen LogP contribution in [0.1, 0.15) is 5.69 Å². The molecule has 106 valence electrons. The van der Waals surface area contributed by atoms with E-state index in [-0.39, 0.29) is 11.6 Å². The van der Waals surface area contributed by atoms with Crippen molar-refractivity contribution < 1.29 is 8.78 Å². The van der Waals surface area contributed by atoms with E-state index < -0.39 is 0 Å². The van der Waals surface area contributed by atoms with Gasteiger partial charge in [-0.25, -0.2) is 13.8 Å². The summed E-state index contributed by atoms with van der Waals surface area (Å²) in [5.41, 5.74) is 2.14. The number of hydrogen-bond donors (Lipinski definition) is 0. The van der Waals surface area contributed by atoms with E-state index in [2.05, 4.69) is 20.9 Å². The Morgan fingerprint density at radius 2 is 1.76 bits per heavy atom. The first kappa shape index (κ1) is 14.4. The molecule has 1 heterocycles. The Kier molecular flexibility index (Phi) is 3.87. The second-order valence-electron chi connectivity index (χ2n) is 4.54. The molecule has 0 aliphatic heterocycles. The summed E-state index contributed by atoms with van der Waals surface area (Å²) < 4.78 is 27.7. The van der Waals surface area contributed by atoms with Crippen LogP contribution in [0.25, 0.3) is 21.0 Å². The third kappa shape index (κ3) is 2.76. The molecular formula is C16H10BrF2NS. The van der Waals surface area contributed by atoms with E-state index in [9.17, 15) is 8.78 Å². The predicted molar refractivity (Wildman–Crippen MR) is 85.3 cm³/mol. The van der Waals surface area contributed by atoms with Crippen LogP contribution in [-0.4, -0.2) is 4.98 Å². The first-order valence-electron chi connectivity index (χ1n) is 6.24. The molecule has 0 spiro atoms. The number of rotatable bonds is 2. The standard InChI is InChI=1S/C16H10BrF2NS/c1-9-15(10-5-7-11(18)8-6-10)21-16(20-9)14-12(17)3-2-4-13(14)19/h2-8H,1H3. The normalized spacial score (nSPS) is 10.9. The molecule has 0 unspecified atom stereocenters. The van der Waals surface area contributed by atoms with E-state index in [1.807, 2.05) is 6.92 Å². The van der Waals surface area contributed by atoms with Gasteiger partial charge in [0.05, 0.1) is 16.1 Å². The third-order valence-corrected chi connectivity index (χ3v) is 4.96. The van der Waals surface area contributed by atoms with Crippen molar-refractivity contribution >= 4 is 27.3 Å². The van der Waals surface area contributed by atoms with Gasteiger partial charge in [-0.1, -0.05) is 18.2 Å². The Balaban J connectivity index is 2.12. The van der Waals surface area contributed by atoms with Crippen molar-refractivity contribution in [2.45, 2.75) is 6.92 Å². The highest BCUT2D eigenvalue weighted by atomic mass is 79.9. The SMILES string of the molecule is Cc1nc(-c2c(F)cccc2Br)sc1-c1ccc(F)cc1. The van der Waals surface area contributed by atoms with Gasteiger partial charge in [-0.3, -0.25) is 0 Å². The van der Waals surface area contributed by atoms with Crippen LogP contribution in [0.4, 0.5) is 8.78 Å². The first-order valence-corrected chi connectivity index (χ1v) is 7.85. The minimum atomic E-state index is -0.316. The molecule has 0 bridgehead atoms. The van der Waals surface area contributed by atoms with Gasteiger partial charge in [0.2, 0.25) is 0 Å². The fourth-order valence-corrected chi connectivity index (χ4v) is 3.87. The van der Waals surface area contributed by atoms with E-state index in [1.54, 1.807) is 24.3 Å². The molecule has 0 aliphatic carbocycles. The Morgan fingerprint density at radius 3 is 2.43 bits per heavy atom. The molecule has 0 atom stereocenters. The van der Waals surface area contributed by atoms with Crippen LogP contribution in [0, 0.1) is 18.6 Å². The van der Waals surface area contributed by atoms with Crippen molar-refractivity contribution in [3.05, 3.63) is 64.3 Å². The molecule has 0 amide bonds. The van der Waals surface area contributed by atoms with Gasteiger partial charge in [0.1, 0.15) is 16.6 Å². The topological polar surface area (TPSA) is 12.9 Å². The minimum Gasteiger partial charge on any atom is -0.241 e. The minimum absolute atomic E-state index is 0.280. The Hall–Kier alpha value is -1.59. The summed E-state index contributed by atoms with van der Waals surface area (Å²) >= 11 is 4.76. The Labute approximate surface area is 133 Å². The maximum absolute atomic E-state index is 14.0. The van der Waals surface area contributed by atoms with Gasteiger partial charge in [-0.05, 0) is 52.7 Å². The molecule has 21 heavy (non-hydrogen) atoms. The van der Waals surface area contributed by atoms with Crippen LogP contribution in [0.5, 0.6) is 0 Å². The van der Waals surface area contributed by atoms with E-state index >= 15 is 0 Å². The number of nitrogens with zero attached hydrogens (tertiary/aromatic N) is 1. The lowest BCUT2D eigenvalue weighted by molar-refractivity contribution is 0.628. The maximum atomic E-state index is 14.0. The molecule has 1 nitrogen and oxygen atoms in total. The summed E-state index contributed by atoms with van der Waals surface area (Å²) in [5, 5.41) is 0.608. The van der Waals surface area contributed by atoms with Crippen LogP contribution in [-0.2, 0) is 0 Å². The molecule has 3 aromatic rings. The molecule has 2 aromatic carbocycles. The van der Waals surface area contributed by atoms with Crippen molar-refractivity contribution in [3.8, 4) is 21.0 Å². The summed E-state index contributed by atoms with van der Waals surface area (Å²) in [6, 6.07) is 11.1. The lowest BCUT2D eigenvalue weighted by atomic mass is 10.1. The van der Waals surface area contributed by atoms with E-state index in [4.69, 9.17) is 0 Å². The van der Waals surface area contributed by atoms with Crippen molar-refractivity contribution in [2.75, 3.05) is 0 Å². The zero-order valence-corrected chi connectivity index (χ0v) is 13.4. The second-order valence-corrected chi connectivity index (χ2v) is 6.39.